The molecule has 1 aromatic rings. The lowest BCUT2D eigenvalue weighted by Gasteiger charge is -2.23. The van der Waals surface area contributed by atoms with E-state index in [0.717, 1.165) is 19.3 Å². The van der Waals surface area contributed by atoms with Gasteiger partial charge in [0, 0.05) is 11.7 Å². The summed E-state index contributed by atoms with van der Waals surface area (Å²) in [5.41, 5.74) is 6.05. The Kier molecular flexibility index (Phi) is 3.23. The van der Waals surface area contributed by atoms with Gasteiger partial charge in [-0.3, -0.25) is 0 Å². The lowest BCUT2D eigenvalue weighted by atomic mass is 9.96. The van der Waals surface area contributed by atoms with Gasteiger partial charge in [-0.2, -0.15) is 0 Å². The first-order valence-corrected chi connectivity index (χ1v) is 8.39. The second-order valence-corrected chi connectivity index (χ2v) is 7.68. The van der Waals surface area contributed by atoms with Crippen molar-refractivity contribution in [3.63, 3.8) is 0 Å². The molecule has 19 heavy (non-hydrogen) atoms. The average molecular weight is 301 g/mol. The van der Waals surface area contributed by atoms with Crippen molar-refractivity contribution in [3.8, 4) is 0 Å². The number of sulfonamides is 1. The highest BCUT2D eigenvalue weighted by molar-refractivity contribution is 7.89. The molecule has 2 saturated carbocycles. The van der Waals surface area contributed by atoms with Crippen molar-refractivity contribution in [1.82, 2.24) is 4.72 Å². The lowest BCUT2D eigenvalue weighted by Crippen LogP contribution is -2.38. The van der Waals surface area contributed by atoms with Gasteiger partial charge < -0.3 is 5.73 Å². The highest BCUT2D eigenvalue weighted by atomic mass is 35.5. The quantitative estimate of drug-likeness (QED) is 0.842. The molecular formula is C13H17ClN2O2S. The summed E-state index contributed by atoms with van der Waals surface area (Å²) >= 11 is 5.98. The zero-order valence-electron chi connectivity index (χ0n) is 10.5. The second kappa shape index (κ2) is 4.65. The fourth-order valence-electron chi connectivity index (χ4n) is 3.39. The minimum Gasteiger partial charge on any atom is -0.399 e. The summed E-state index contributed by atoms with van der Waals surface area (Å²) in [4.78, 5) is 0.117. The van der Waals surface area contributed by atoms with E-state index >= 15 is 0 Å². The van der Waals surface area contributed by atoms with Crippen LogP contribution in [0, 0.1) is 11.8 Å². The molecule has 0 aliphatic heterocycles. The van der Waals surface area contributed by atoms with Crippen molar-refractivity contribution >= 4 is 27.3 Å². The fraction of sp³-hybridized carbons (Fsp3) is 0.538. The van der Waals surface area contributed by atoms with E-state index in [0.29, 0.717) is 17.5 Å². The van der Waals surface area contributed by atoms with Gasteiger partial charge in [0.15, 0.2) is 0 Å². The minimum atomic E-state index is -3.55. The van der Waals surface area contributed by atoms with E-state index in [1.165, 1.54) is 18.6 Å². The maximum Gasteiger partial charge on any atom is 0.242 e. The molecular weight excluding hydrogens is 284 g/mol. The third-order valence-corrected chi connectivity index (χ3v) is 6.26. The number of nitrogen functional groups attached to an aromatic ring is 1. The number of rotatable bonds is 3. The summed E-state index contributed by atoms with van der Waals surface area (Å²) < 4.78 is 27.5. The third kappa shape index (κ3) is 2.47. The first kappa shape index (κ1) is 13.2. The first-order chi connectivity index (χ1) is 8.95. The molecule has 0 aromatic heterocycles. The molecule has 2 fully saturated rings. The molecule has 2 aliphatic rings. The molecule has 0 radical (unpaired) electrons. The summed E-state index contributed by atoms with van der Waals surface area (Å²) in [7, 11) is -3.55. The number of anilines is 1. The van der Waals surface area contributed by atoms with Gasteiger partial charge in [0.2, 0.25) is 10.0 Å². The van der Waals surface area contributed by atoms with Crippen molar-refractivity contribution in [1.29, 1.82) is 0 Å². The van der Waals surface area contributed by atoms with Gasteiger partial charge in [-0.15, -0.1) is 0 Å². The highest BCUT2D eigenvalue weighted by Gasteiger charge is 2.41. The fourth-order valence-corrected chi connectivity index (χ4v) is 5.26. The number of benzene rings is 1. The Labute approximate surface area is 118 Å². The van der Waals surface area contributed by atoms with Gasteiger partial charge in [0.05, 0.1) is 5.02 Å². The molecule has 3 rings (SSSR count). The van der Waals surface area contributed by atoms with Crippen molar-refractivity contribution < 1.29 is 8.42 Å². The molecule has 3 unspecified atom stereocenters. The standard InChI is InChI=1S/C13H17ClN2O2S/c14-11-7-10(15)3-4-13(11)19(17,18)16-12-6-8-1-2-9(12)5-8/h3-4,7-9,12,16H,1-2,5-6,15H2. The molecule has 104 valence electrons. The zero-order valence-corrected chi connectivity index (χ0v) is 12.0. The lowest BCUT2D eigenvalue weighted by molar-refractivity contribution is 0.390. The smallest absolute Gasteiger partial charge is 0.242 e. The van der Waals surface area contributed by atoms with Crippen molar-refractivity contribution in [3.05, 3.63) is 23.2 Å². The van der Waals surface area contributed by atoms with E-state index in [2.05, 4.69) is 4.72 Å². The molecule has 4 nitrogen and oxygen atoms in total. The summed E-state index contributed by atoms with van der Waals surface area (Å²) in [6.07, 6.45) is 4.48. The maximum atomic E-state index is 12.4. The zero-order chi connectivity index (χ0) is 13.6. The van der Waals surface area contributed by atoms with Crippen LogP contribution in [0.3, 0.4) is 0 Å². The topological polar surface area (TPSA) is 72.2 Å². The van der Waals surface area contributed by atoms with Crippen LogP contribution in [0.2, 0.25) is 5.02 Å². The average Bonchev–Trinajstić information content (AvgIpc) is 2.89. The highest BCUT2D eigenvalue weighted by Crippen LogP contribution is 2.45. The normalized spacial score (nSPS) is 29.8. The van der Waals surface area contributed by atoms with Crippen LogP contribution < -0.4 is 10.5 Å². The molecule has 0 saturated heterocycles. The van der Waals surface area contributed by atoms with Gasteiger partial charge in [-0.05, 0) is 49.3 Å². The van der Waals surface area contributed by atoms with Crippen LogP contribution in [-0.2, 0) is 10.0 Å². The van der Waals surface area contributed by atoms with E-state index < -0.39 is 10.0 Å². The van der Waals surface area contributed by atoms with Crippen molar-refractivity contribution in [2.75, 3.05) is 5.73 Å². The Bertz CT molecular complexity index is 603. The molecule has 0 spiro atoms. The van der Waals surface area contributed by atoms with Gasteiger partial charge >= 0.3 is 0 Å². The molecule has 1 aromatic carbocycles. The second-order valence-electron chi connectivity index (χ2n) is 5.59. The number of hydrogen-bond donors (Lipinski definition) is 2. The third-order valence-electron chi connectivity index (χ3n) is 4.29. The van der Waals surface area contributed by atoms with Gasteiger partial charge in [-0.1, -0.05) is 18.0 Å². The monoisotopic (exact) mass is 300 g/mol. The summed E-state index contributed by atoms with van der Waals surface area (Å²) in [6, 6.07) is 4.56. The predicted octanol–water partition coefficient (Wildman–Crippen LogP) is 2.39. The Hall–Kier alpha value is -0.780. The predicted molar refractivity (Wildman–Crippen MR) is 75.4 cm³/mol. The molecule has 0 amide bonds. The Morgan fingerprint density at radius 2 is 2.05 bits per heavy atom. The van der Waals surface area contributed by atoms with E-state index in [9.17, 15) is 8.42 Å². The molecule has 2 aliphatic carbocycles. The molecule has 3 atom stereocenters. The Morgan fingerprint density at radius 3 is 2.63 bits per heavy atom. The van der Waals surface area contributed by atoms with E-state index in [4.69, 9.17) is 17.3 Å². The number of nitrogens with one attached hydrogen (secondary N) is 1. The van der Waals surface area contributed by atoms with Crippen LogP contribution >= 0.6 is 11.6 Å². The van der Waals surface area contributed by atoms with Crippen molar-refractivity contribution in [2.45, 2.75) is 36.6 Å². The molecule has 2 bridgehead atoms. The summed E-state index contributed by atoms with van der Waals surface area (Å²) in [5, 5.41) is 0.177. The summed E-state index contributed by atoms with van der Waals surface area (Å²) in [5.74, 6) is 1.19. The maximum absolute atomic E-state index is 12.4. The van der Waals surface area contributed by atoms with Gasteiger partial charge in [0.1, 0.15) is 4.90 Å². The van der Waals surface area contributed by atoms with Crippen LogP contribution in [0.15, 0.2) is 23.1 Å². The first-order valence-electron chi connectivity index (χ1n) is 6.53. The van der Waals surface area contributed by atoms with Crippen molar-refractivity contribution in [2.24, 2.45) is 11.8 Å². The van der Waals surface area contributed by atoms with E-state index in [1.54, 1.807) is 6.07 Å². The number of hydrogen-bond acceptors (Lipinski definition) is 3. The van der Waals surface area contributed by atoms with Crippen LogP contribution in [0.25, 0.3) is 0 Å². The van der Waals surface area contributed by atoms with E-state index in [-0.39, 0.29) is 16.0 Å². The number of fused-ring (bicyclic) bond motifs is 2. The van der Waals surface area contributed by atoms with Crippen LogP contribution in [0.4, 0.5) is 5.69 Å². The van der Waals surface area contributed by atoms with Gasteiger partial charge in [-0.25, -0.2) is 13.1 Å². The van der Waals surface area contributed by atoms with Crippen LogP contribution in [-0.4, -0.2) is 14.5 Å². The van der Waals surface area contributed by atoms with Crippen LogP contribution in [0.5, 0.6) is 0 Å². The van der Waals surface area contributed by atoms with E-state index in [1.807, 2.05) is 0 Å². The van der Waals surface area contributed by atoms with Gasteiger partial charge in [0.25, 0.3) is 0 Å². The SMILES string of the molecule is Nc1ccc(S(=O)(=O)NC2CC3CCC2C3)c(Cl)c1. The molecule has 3 N–H and O–H groups in total. The molecule has 0 heterocycles. The number of nitrogens with two attached hydrogens (primary N) is 1. The summed E-state index contributed by atoms with van der Waals surface area (Å²) in [6.45, 7) is 0. The largest absolute Gasteiger partial charge is 0.399 e. The molecule has 6 heteroatoms. The Morgan fingerprint density at radius 1 is 1.26 bits per heavy atom. The Balaban J connectivity index is 1.83. The number of halogens is 1. The van der Waals surface area contributed by atoms with Crippen LogP contribution in [0.1, 0.15) is 25.7 Å². The minimum absolute atomic E-state index is 0.0670.